The van der Waals surface area contributed by atoms with Gasteiger partial charge in [-0.1, -0.05) is 12.6 Å². The first-order valence-corrected chi connectivity index (χ1v) is 3.13. The van der Waals surface area contributed by atoms with E-state index >= 15 is 0 Å². The summed E-state index contributed by atoms with van der Waals surface area (Å²) in [5.74, 6) is -0.333. The van der Waals surface area contributed by atoms with Crippen LogP contribution in [0.15, 0.2) is 0 Å². The van der Waals surface area contributed by atoms with E-state index in [1.807, 2.05) is 0 Å². The molecular weight excluding hydrogens is 164 g/mol. The van der Waals surface area contributed by atoms with Gasteiger partial charge in [0.25, 0.3) is 0 Å². The number of nitriles is 1. The quantitative estimate of drug-likeness (QED) is 0.150. The molecule has 0 aliphatic heterocycles. The highest BCUT2D eigenvalue weighted by Crippen LogP contribution is 1.65. The molecule has 0 spiro atoms. The summed E-state index contributed by atoms with van der Waals surface area (Å²) < 4.78 is 0. The molecule has 0 atom stereocenters. The highest BCUT2D eigenvalue weighted by molar-refractivity contribution is 7.85. The van der Waals surface area contributed by atoms with Crippen LogP contribution in [-0.2, 0) is 0 Å². The number of hydrogen-bond donors (Lipinski definition) is 5. The second-order valence-electron chi connectivity index (χ2n) is 1.65. The van der Waals surface area contributed by atoms with Crippen molar-refractivity contribution in [1.29, 1.82) is 10.7 Å². The van der Waals surface area contributed by atoms with E-state index < -0.39 is 0 Å². The summed E-state index contributed by atoms with van der Waals surface area (Å²) >= 11 is 3.09. The minimum Gasteiger partial charge on any atom is -0.394 e. The lowest BCUT2D eigenvalue weighted by molar-refractivity contribution is 0.216. The van der Waals surface area contributed by atoms with Gasteiger partial charge < -0.3 is 16.6 Å². The molecular formula is C5H14N4OS. The van der Waals surface area contributed by atoms with Crippen molar-refractivity contribution in [3.8, 4) is 5.40 Å². The number of aliphatic hydroxyl groups excluding tert-OH is 1. The van der Waals surface area contributed by atoms with Gasteiger partial charge in [0, 0.05) is 6.10 Å². The van der Waals surface area contributed by atoms with E-state index in [0.717, 1.165) is 0 Å². The summed E-state index contributed by atoms with van der Waals surface area (Å²) in [5, 5.41) is 22.7. The maximum atomic E-state index is 8.06. The van der Waals surface area contributed by atoms with Crippen LogP contribution < -0.4 is 11.5 Å². The van der Waals surface area contributed by atoms with E-state index in [9.17, 15) is 0 Å². The molecule has 0 radical (unpaired) electrons. The topological polar surface area (TPSA) is 120 Å². The maximum Gasteiger partial charge on any atom is 0.183 e. The van der Waals surface area contributed by atoms with Crippen molar-refractivity contribution in [2.24, 2.45) is 11.5 Å². The first kappa shape index (κ1) is 16.6. The Morgan fingerprint density at radius 1 is 1.64 bits per heavy atom. The van der Waals surface area contributed by atoms with Crippen molar-refractivity contribution >= 4 is 18.6 Å². The molecule has 0 aromatic heterocycles. The molecule has 6 N–H and O–H groups in total. The molecule has 66 valence electrons. The molecule has 0 rings (SSSR count). The molecule has 0 unspecified atom stereocenters. The normalized spacial score (nSPS) is 6.18. The van der Waals surface area contributed by atoms with Gasteiger partial charge in [-0.25, -0.2) is 0 Å². The van der Waals surface area contributed by atoms with Gasteiger partial charge in [-0.15, -0.1) is 0 Å². The Labute approximate surface area is 71.9 Å². The lowest BCUT2D eigenvalue weighted by atomic mass is 10.5. The molecule has 0 aromatic carbocycles. The third kappa shape index (κ3) is 524. The number of nitrogens with one attached hydrogen (secondary N) is 1. The van der Waals surface area contributed by atoms with Gasteiger partial charge in [0.1, 0.15) is 5.40 Å². The molecule has 5 nitrogen and oxygen atoms in total. The van der Waals surface area contributed by atoms with E-state index in [0.29, 0.717) is 0 Å². The standard InChI is InChI=1S/C3H8O.CH5N3.CHNS/c1-3(2)4;2-1(3)4;2-1-3/h3-4H,1-2H3;(H5,2,3,4);3H. The number of aliphatic hydroxyl groups is 1. The summed E-state index contributed by atoms with van der Waals surface area (Å²) in [4.78, 5) is 0. The lowest BCUT2D eigenvalue weighted by Crippen LogP contribution is -2.20. The highest BCUT2D eigenvalue weighted by atomic mass is 32.1. The van der Waals surface area contributed by atoms with Crippen molar-refractivity contribution in [3.05, 3.63) is 0 Å². The van der Waals surface area contributed by atoms with Gasteiger partial charge in [0.2, 0.25) is 0 Å². The molecule has 0 saturated carbocycles. The summed E-state index contributed by atoms with van der Waals surface area (Å²) in [6.07, 6.45) is -0.167. The second-order valence-corrected chi connectivity index (χ2v) is 1.85. The van der Waals surface area contributed by atoms with Crippen LogP contribution in [0, 0.1) is 16.1 Å². The summed E-state index contributed by atoms with van der Waals surface area (Å²) in [6, 6.07) is 0. The summed E-state index contributed by atoms with van der Waals surface area (Å²) in [6.45, 7) is 3.44. The summed E-state index contributed by atoms with van der Waals surface area (Å²) in [5.41, 5.74) is 8.94. The van der Waals surface area contributed by atoms with E-state index in [4.69, 9.17) is 15.8 Å². The van der Waals surface area contributed by atoms with E-state index in [-0.39, 0.29) is 12.1 Å². The average Bonchev–Trinajstić information content (AvgIpc) is 1.60. The Morgan fingerprint density at radius 3 is 1.64 bits per heavy atom. The third-order valence-electron chi connectivity index (χ3n) is 0. The van der Waals surface area contributed by atoms with Crippen LogP contribution in [0.3, 0.4) is 0 Å². The molecule has 0 aliphatic rings. The molecule has 0 aromatic rings. The van der Waals surface area contributed by atoms with Crippen molar-refractivity contribution in [2.45, 2.75) is 20.0 Å². The van der Waals surface area contributed by atoms with E-state index in [1.165, 1.54) is 5.40 Å². The fraction of sp³-hybridized carbons (Fsp3) is 0.600. The third-order valence-corrected chi connectivity index (χ3v) is 0. The van der Waals surface area contributed by atoms with Gasteiger partial charge in [0.15, 0.2) is 5.96 Å². The molecule has 6 heteroatoms. The SMILES string of the molecule is CC(C)O.N#CS.N=C(N)N. The van der Waals surface area contributed by atoms with Crippen molar-refractivity contribution in [3.63, 3.8) is 0 Å². The zero-order chi connectivity index (χ0) is 9.86. The van der Waals surface area contributed by atoms with Crippen LogP contribution in [-0.4, -0.2) is 17.2 Å². The fourth-order valence-electron chi connectivity index (χ4n) is 0. The zero-order valence-corrected chi connectivity index (χ0v) is 7.47. The predicted molar refractivity (Wildman–Crippen MR) is 48.1 cm³/mol. The van der Waals surface area contributed by atoms with E-state index in [2.05, 4.69) is 24.1 Å². The van der Waals surface area contributed by atoms with Gasteiger partial charge in [0.05, 0.1) is 0 Å². The van der Waals surface area contributed by atoms with Crippen LogP contribution in [0.2, 0.25) is 0 Å². The van der Waals surface area contributed by atoms with Gasteiger partial charge >= 0.3 is 0 Å². The van der Waals surface area contributed by atoms with Gasteiger partial charge in [-0.3, -0.25) is 5.41 Å². The van der Waals surface area contributed by atoms with Gasteiger partial charge in [-0.2, -0.15) is 5.26 Å². The molecule has 11 heavy (non-hydrogen) atoms. The molecule has 0 heterocycles. The smallest absolute Gasteiger partial charge is 0.183 e. The van der Waals surface area contributed by atoms with Crippen LogP contribution in [0.4, 0.5) is 0 Å². The zero-order valence-electron chi connectivity index (χ0n) is 6.57. The Bertz CT molecular complexity index is 113. The van der Waals surface area contributed by atoms with Crippen LogP contribution >= 0.6 is 12.6 Å². The number of rotatable bonds is 0. The number of thiol groups is 1. The van der Waals surface area contributed by atoms with Crippen LogP contribution in [0.25, 0.3) is 0 Å². The number of thiocyanates is 1. The molecule has 0 saturated heterocycles. The first-order chi connectivity index (χ1) is 4.88. The fourth-order valence-corrected chi connectivity index (χ4v) is 0. The van der Waals surface area contributed by atoms with Crippen molar-refractivity contribution in [1.82, 2.24) is 0 Å². The number of guanidine groups is 1. The lowest BCUT2D eigenvalue weighted by Gasteiger charge is -1.80. The summed E-state index contributed by atoms with van der Waals surface area (Å²) in [7, 11) is 0. The maximum absolute atomic E-state index is 8.06. The molecule has 0 fully saturated rings. The Morgan fingerprint density at radius 2 is 1.64 bits per heavy atom. The highest BCUT2D eigenvalue weighted by Gasteiger charge is 1.69. The van der Waals surface area contributed by atoms with Crippen LogP contribution in [0.1, 0.15) is 13.8 Å². The van der Waals surface area contributed by atoms with Gasteiger partial charge in [-0.05, 0) is 13.8 Å². The number of nitrogens with two attached hydrogens (primary N) is 2. The minimum absolute atomic E-state index is 0.167. The number of hydrogen-bond acceptors (Lipinski definition) is 4. The largest absolute Gasteiger partial charge is 0.394 e. The molecule has 0 amide bonds. The monoisotopic (exact) mass is 178 g/mol. The Balaban J connectivity index is -0.0000000886. The number of nitrogens with zero attached hydrogens (tertiary/aromatic N) is 1. The predicted octanol–water partition coefficient (Wildman–Crippen LogP) is -0.377. The van der Waals surface area contributed by atoms with Crippen molar-refractivity contribution < 1.29 is 5.11 Å². The molecule has 0 bridgehead atoms. The second kappa shape index (κ2) is 16.0. The van der Waals surface area contributed by atoms with Crippen LogP contribution in [0.5, 0.6) is 0 Å². The van der Waals surface area contributed by atoms with Crippen molar-refractivity contribution in [2.75, 3.05) is 0 Å². The minimum atomic E-state index is -0.333. The Hall–Kier alpha value is -0.930. The average molecular weight is 178 g/mol. The molecule has 0 aliphatic carbocycles. The van der Waals surface area contributed by atoms with E-state index in [1.54, 1.807) is 13.8 Å². The Kier molecular flexibility index (Phi) is 24.2. The first-order valence-electron chi connectivity index (χ1n) is 2.69.